The highest BCUT2D eigenvalue weighted by atomic mass is 35.5. The van der Waals surface area contributed by atoms with Gasteiger partial charge >= 0.3 is 5.97 Å². The van der Waals surface area contributed by atoms with Crippen LogP contribution in [0, 0.1) is 0 Å². The fourth-order valence-corrected chi connectivity index (χ4v) is 6.21. The minimum absolute atomic E-state index is 0.171. The van der Waals surface area contributed by atoms with Gasteiger partial charge in [-0.05, 0) is 61.9 Å². The molecule has 4 aromatic rings. The number of benzene rings is 3. The molecule has 2 heterocycles. The van der Waals surface area contributed by atoms with Crippen molar-refractivity contribution in [1.29, 1.82) is 0 Å². The van der Waals surface area contributed by atoms with E-state index in [4.69, 9.17) is 42.1 Å². The van der Waals surface area contributed by atoms with Crippen LogP contribution in [0.5, 0.6) is 17.2 Å². The lowest BCUT2D eigenvalue weighted by atomic mass is 9.95. The second-order valence-electron chi connectivity index (χ2n) is 9.48. The van der Waals surface area contributed by atoms with Crippen LogP contribution >= 0.6 is 34.5 Å². The van der Waals surface area contributed by atoms with Gasteiger partial charge in [0.2, 0.25) is 0 Å². The van der Waals surface area contributed by atoms with Crippen molar-refractivity contribution in [2.45, 2.75) is 26.5 Å². The number of carbonyl (C=O) groups excluding carboxylic acids is 1. The van der Waals surface area contributed by atoms with Crippen molar-refractivity contribution in [1.82, 2.24) is 4.57 Å². The zero-order valence-electron chi connectivity index (χ0n) is 23.9. The number of halogens is 2. The van der Waals surface area contributed by atoms with E-state index in [1.165, 1.54) is 30.1 Å². The summed E-state index contributed by atoms with van der Waals surface area (Å²) in [5.74, 6) is 0.944. The van der Waals surface area contributed by atoms with Crippen LogP contribution in [0.2, 0.25) is 10.0 Å². The average Bonchev–Trinajstić information content (AvgIpc) is 3.30. The van der Waals surface area contributed by atoms with Crippen LogP contribution in [0.1, 0.15) is 36.6 Å². The average molecular weight is 640 g/mol. The Kier molecular flexibility index (Phi) is 9.25. The first-order valence-corrected chi connectivity index (χ1v) is 14.9. The van der Waals surface area contributed by atoms with E-state index < -0.39 is 12.0 Å². The topological polar surface area (TPSA) is 88.4 Å². The monoisotopic (exact) mass is 638 g/mol. The van der Waals surface area contributed by atoms with Crippen LogP contribution in [0.15, 0.2) is 81.7 Å². The van der Waals surface area contributed by atoms with Crippen LogP contribution in [0.3, 0.4) is 0 Å². The lowest BCUT2D eigenvalue weighted by molar-refractivity contribution is -0.139. The molecule has 0 amide bonds. The number of fused-ring (bicyclic) bond motifs is 1. The van der Waals surface area contributed by atoms with Crippen molar-refractivity contribution < 1.29 is 23.7 Å². The van der Waals surface area contributed by atoms with E-state index in [1.807, 2.05) is 18.2 Å². The lowest BCUT2D eigenvalue weighted by Gasteiger charge is -2.25. The maximum Gasteiger partial charge on any atom is 0.338 e. The Hall–Kier alpha value is -4.05. The third kappa shape index (κ3) is 6.20. The summed E-state index contributed by atoms with van der Waals surface area (Å²) >= 11 is 13.9. The SMILES string of the molecule is CCOC(=O)C1=C(C)N=c2sc(=Cc3cc(Cl)ccc3OCc3ccccc3Cl)c(=O)n2[C@@H]1c1ccc(OC)c(OC)c1. The molecule has 1 aromatic heterocycles. The quantitative estimate of drug-likeness (QED) is 0.219. The summed E-state index contributed by atoms with van der Waals surface area (Å²) in [6, 6.07) is 17.1. The first-order valence-electron chi connectivity index (χ1n) is 13.3. The highest BCUT2D eigenvalue weighted by Crippen LogP contribution is 2.36. The van der Waals surface area contributed by atoms with Crippen LogP contribution in [0.4, 0.5) is 0 Å². The molecule has 1 aliphatic heterocycles. The molecule has 222 valence electrons. The second kappa shape index (κ2) is 13.1. The van der Waals surface area contributed by atoms with Gasteiger partial charge in [-0.1, -0.05) is 58.8 Å². The molecule has 0 aliphatic carbocycles. The number of hydrogen-bond donors (Lipinski definition) is 0. The predicted octanol–water partition coefficient (Wildman–Crippen LogP) is 5.70. The molecule has 1 aliphatic rings. The molecule has 0 saturated carbocycles. The van der Waals surface area contributed by atoms with E-state index >= 15 is 0 Å². The van der Waals surface area contributed by atoms with Crippen molar-refractivity contribution in [3.63, 3.8) is 0 Å². The highest BCUT2D eigenvalue weighted by molar-refractivity contribution is 7.07. The van der Waals surface area contributed by atoms with Gasteiger partial charge in [0.15, 0.2) is 16.3 Å². The van der Waals surface area contributed by atoms with Crippen LogP contribution in [-0.2, 0) is 16.1 Å². The maximum atomic E-state index is 14.1. The molecule has 43 heavy (non-hydrogen) atoms. The van der Waals surface area contributed by atoms with Crippen molar-refractivity contribution in [2.75, 3.05) is 20.8 Å². The molecule has 0 unspecified atom stereocenters. The first-order chi connectivity index (χ1) is 20.7. The molecule has 0 saturated heterocycles. The summed E-state index contributed by atoms with van der Waals surface area (Å²) in [5.41, 5.74) is 2.44. The summed E-state index contributed by atoms with van der Waals surface area (Å²) < 4.78 is 24.3. The number of carbonyl (C=O) groups is 1. The Morgan fingerprint density at radius 1 is 1.02 bits per heavy atom. The van der Waals surface area contributed by atoms with Crippen LogP contribution < -0.4 is 29.1 Å². The summed E-state index contributed by atoms with van der Waals surface area (Å²) in [4.78, 5) is 32.4. The molecular formula is C32H28Cl2N2O6S. The number of rotatable bonds is 9. The number of ether oxygens (including phenoxy) is 4. The standard InChI is InChI=1S/C32H28Cl2N2O6S/c1-5-41-31(38)28-18(2)35-32-36(29(28)19-10-12-25(39-3)26(15-19)40-4)30(37)27(43-32)16-21-14-22(33)11-13-24(21)42-17-20-8-6-7-9-23(20)34/h6-16,29H,5,17H2,1-4H3/t29-/m1/s1. The summed E-state index contributed by atoms with van der Waals surface area (Å²) in [5, 5.41) is 1.07. The molecule has 11 heteroatoms. The van der Waals surface area contributed by atoms with Gasteiger partial charge < -0.3 is 18.9 Å². The van der Waals surface area contributed by atoms with Crippen LogP contribution in [0.25, 0.3) is 6.08 Å². The molecule has 0 bridgehead atoms. The molecule has 0 radical (unpaired) electrons. The van der Waals surface area contributed by atoms with Gasteiger partial charge in [0, 0.05) is 21.2 Å². The normalized spacial score (nSPS) is 14.7. The third-order valence-electron chi connectivity index (χ3n) is 6.84. The number of aromatic nitrogens is 1. The number of nitrogens with zero attached hydrogens (tertiary/aromatic N) is 2. The smallest absolute Gasteiger partial charge is 0.338 e. The molecular weight excluding hydrogens is 611 g/mol. The Labute approximate surface area is 262 Å². The molecule has 0 N–H and O–H groups in total. The minimum Gasteiger partial charge on any atom is -0.493 e. The number of esters is 1. The number of allylic oxidation sites excluding steroid dienone is 1. The molecule has 8 nitrogen and oxygen atoms in total. The van der Waals surface area contributed by atoms with Crippen molar-refractivity contribution in [2.24, 2.45) is 4.99 Å². The van der Waals surface area contributed by atoms with Gasteiger partial charge in [-0.2, -0.15) is 0 Å². The van der Waals surface area contributed by atoms with E-state index in [2.05, 4.69) is 4.99 Å². The third-order valence-corrected chi connectivity index (χ3v) is 8.43. The van der Waals surface area contributed by atoms with Crippen molar-refractivity contribution in [3.8, 4) is 17.2 Å². The predicted molar refractivity (Wildman–Crippen MR) is 167 cm³/mol. The lowest BCUT2D eigenvalue weighted by Crippen LogP contribution is -2.40. The molecule has 5 rings (SSSR count). The molecule has 0 spiro atoms. The number of hydrogen-bond acceptors (Lipinski definition) is 8. The van der Waals surface area contributed by atoms with E-state index in [0.717, 1.165) is 5.56 Å². The summed E-state index contributed by atoms with van der Waals surface area (Å²) in [7, 11) is 3.06. The van der Waals surface area contributed by atoms with E-state index in [9.17, 15) is 9.59 Å². The van der Waals surface area contributed by atoms with Gasteiger partial charge in [0.05, 0.1) is 42.7 Å². The Morgan fingerprint density at radius 3 is 2.49 bits per heavy atom. The largest absolute Gasteiger partial charge is 0.493 e. The van der Waals surface area contributed by atoms with Gasteiger partial charge in [-0.3, -0.25) is 9.36 Å². The molecule has 1 atom stereocenters. The van der Waals surface area contributed by atoms with E-state index in [-0.39, 0.29) is 24.3 Å². The second-order valence-corrected chi connectivity index (χ2v) is 11.3. The van der Waals surface area contributed by atoms with E-state index in [0.29, 0.717) is 53.5 Å². The maximum absolute atomic E-state index is 14.1. The highest BCUT2D eigenvalue weighted by Gasteiger charge is 2.34. The van der Waals surface area contributed by atoms with Crippen molar-refractivity contribution >= 4 is 46.6 Å². The van der Waals surface area contributed by atoms with E-state index in [1.54, 1.807) is 62.4 Å². The summed E-state index contributed by atoms with van der Waals surface area (Å²) in [6.45, 7) is 3.86. The Bertz CT molecular complexity index is 1910. The number of thiazole rings is 1. The first kappa shape index (κ1) is 30.4. The van der Waals surface area contributed by atoms with Gasteiger partial charge in [0.25, 0.3) is 5.56 Å². The van der Waals surface area contributed by atoms with Crippen LogP contribution in [-0.4, -0.2) is 31.4 Å². The van der Waals surface area contributed by atoms with Crippen molar-refractivity contribution in [3.05, 3.63) is 118 Å². The molecule has 3 aromatic carbocycles. The molecule has 0 fully saturated rings. The Morgan fingerprint density at radius 2 is 1.77 bits per heavy atom. The zero-order chi connectivity index (χ0) is 30.7. The minimum atomic E-state index is -0.812. The summed E-state index contributed by atoms with van der Waals surface area (Å²) in [6.07, 6.45) is 1.71. The van der Waals surface area contributed by atoms with Gasteiger partial charge in [0.1, 0.15) is 12.4 Å². The fourth-order valence-electron chi connectivity index (χ4n) is 4.81. The van der Waals surface area contributed by atoms with Gasteiger partial charge in [-0.25, -0.2) is 9.79 Å². The van der Waals surface area contributed by atoms with Gasteiger partial charge in [-0.15, -0.1) is 0 Å². The Balaban J connectivity index is 1.65. The fraction of sp³-hybridized carbons (Fsp3) is 0.219. The zero-order valence-corrected chi connectivity index (χ0v) is 26.2. The number of methoxy groups -OCH3 is 2.